The molecule has 0 spiro atoms. The third-order valence-corrected chi connectivity index (χ3v) is 5.20. The van der Waals surface area contributed by atoms with Gasteiger partial charge in [0.15, 0.2) is 11.5 Å². The van der Waals surface area contributed by atoms with E-state index in [0.717, 1.165) is 9.13 Å². The van der Waals surface area contributed by atoms with Crippen LogP contribution in [-0.2, 0) is 6.61 Å². The van der Waals surface area contributed by atoms with E-state index in [1.165, 1.54) is 12.1 Å². The summed E-state index contributed by atoms with van der Waals surface area (Å²) in [5, 5.41) is 9.90. The summed E-state index contributed by atoms with van der Waals surface area (Å²) in [7, 11) is 0. The van der Waals surface area contributed by atoms with Gasteiger partial charge >= 0.3 is 0 Å². The highest BCUT2D eigenvalue weighted by Crippen LogP contribution is 2.38. The second-order valence-electron chi connectivity index (χ2n) is 6.36. The van der Waals surface area contributed by atoms with E-state index in [9.17, 15) is 9.65 Å². The van der Waals surface area contributed by atoms with Crippen molar-refractivity contribution in [1.82, 2.24) is 0 Å². The molecule has 0 heterocycles. The zero-order valence-corrected chi connectivity index (χ0v) is 19.1. The maximum atomic E-state index is 13.5. The molecule has 6 heteroatoms. The average Bonchev–Trinajstić information content (AvgIpc) is 2.73. The summed E-state index contributed by atoms with van der Waals surface area (Å²) in [6.45, 7) is 2.64. The van der Waals surface area contributed by atoms with Gasteiger partial charge in [-0.15, -0.1) is 0 Å². The van der Waals surface area contributed by atoms with Crippen molar-refractivity contribution < 1.29 is 13.9 Å². The van der Waals surface area contributed by atoms with Crippen LogP contribution in [0.2, 0.25) is 5.02 Å². The van der Waals surface area contributed by atoms with Crippen molar-refractivity contribution in [2.75, 3.05) is 6.61 Å². The molecule has 0 saturated carbocycles. The van der Waals surface area contributed by atoms with Crippen molar-refractivity contribution in [3.8, 4) is 17.6 Å². The lowest BCUT2D eigenvalue weighted by molar-refractivity contribution is 0.269. The minimum absolute atomic E-state index is 0.320. The van der Waals surface area contributed by atoms with Gasteiger partial charge in [0, 0.05) is 3.57 Å². The van der Waals surface area contributed by atoms with Crippen molar-refractivity contribution in [2.24, 2.45) is 0 Å². The highest BCUT2D eigenvalue weighted by atomic mass is 127. The second-order valence-corrected chi connectivity index (χ2v) is 8.01. The predicted octanol–water partition coefficient (Wildman–Crippen LogP) is 7.13. The highest BCUT2D eigenvalue weighted by molar-refractivity contribution is 14.1. The molecule has 0 N–H and O–H groups in total. The Hall–Kier alpha value is -2.56. The van der Waals surface area contributed by atoms with E-state index in [-0.39, 0.29) is 0 Å². The molecule has 0 bridgehead atoms. The Kier molecular flexibility index (Phi) is 7.72. The fourth-order valence-corrected chi connectivity index (χ4v) is 3.45. The molecule has 0 saturated heterocycles. The van der Waals surface area contributed by atoms with E-state index in [2.05, 4.69) is 28.7 Å². The van der Waals surface area contributed by atoms with E-state index in [1.54, 1.807) is 30.3 Å². The van der Waals surface area contributed by atoms with Crippen molar-refractivity contribution in [2.45, 2.75) is 13.5 Å². The van der Waals surface area contributed by atoms with Crippen LogP contribution in [0, 0.1) is 20.7 Å². The second kappa shape index (κ2) is 10.5. The van der Waals surface area contributed by atoms with E-state index >= 15 is 0 Å². The third kappa shape index (κ3) is 5.74. The maximum absolute atomic E-state index is 13.5. The zero-order valence-electron chi connectivity index (χ0n) is 16.2. The summed E-state index contributed by atoms with van der Waals surface area (Å²) in [6.07, 6.45) is 1.64. The van der Waals surface area contributed by atoms with Crippen molar-refractivity contribution in [3.63, 3.8) is 0 Å². The van der Waals surface area contributed by atoms with Crippen LogP contribution in [0.25, 0.3) is 11.6 Å². The summed E-state index contributed by atoms with van der Waals surface area (Å²) in [6, 6.07) is 19.5. The molecule has 3 nitrogen and oxygen atoms in total. The first-order valence-electron chi connectivity index (χ1n) is 9.21. The molecule has 152 valence electrons. The van der Waals surface area contributed by atoms with Gasteiger partial charge in [0.05, 0.1) is 23.3 Å². The number of rotatable bonds is 7. The summed E-state index contributed by atoms with van der Waals surface area (Å²) in [4.78, 5) is 0. The molecule has 0 aliphatic carbocycles. The molecule has 3 rings (SSSR count). The largest absolute Gasteiger partial charge is 0.490 e. The Morgan fingerprint density at radius 2 is 1.90 bits per heavy atom. The van der Waals surface area contributed by atoms with Gasteiger partial charge in [0.25, 0.3) is 0 Å². The Bertz CT molecular complexity index is 1110. The van der Waals surface area contributed by atoms with Gasteiger partial charge < -0.3 is 9.47 Å². The van der Waals surface area contributed by atoms with Crippen molar-refractivity contribution in [3.05, 3.63) is 91.8 Å². The zero-order chi connectivity index (χ0) is 21.5. The molecule has 0 unspecified atom stereocenters. The summed E-state index contributed by atoms with van der Waals surface area (Å²) >= 11 is 8.73. The third-order valence-electron chi connectivity index (χ3n) is 4.20. The number of hydrogen-bond donors (Lipinski definition) is 0. The van der Waals surface area contributed by atoms with Crippen molar-refractivity contribution in [1.29, 1.82) is 5.26 Å². The minimum atomic E-state index is -0.402. The number of halogens is 3. The molecular weight excluding hydrogens is 516 g/mol. The molecule has 30 heavy (non-hydrogen) atoms. The van der Waals surface area contributed by atoms with Gasteiger partial charge in [-0.05, 0) is 88.7 Å². The van der Waals surface area contributed by atoms with Crippen LogP contribution in [-0.4, -0.2) is 6.61 Å². The fraction of sp³-hybridized carbons (Fsp3) is 0.125. The first-order chi connectivity index (χ1) is 14.5. The minimum Gasteiger partial charge on any atom is -0.490 e. The molecular formula is C24H18ClFINO2. The van der Waals surface area contributed by atoms with Crippen LogP contribution in [0.5, 0.6) is 11.5 Å². The Balaban J connectivity index is 1.92. The first-order valence-corrected chi connectivity index (χ1v) is 10.7. The fourth-order valence-electron chi connectivity index (χ4n) is 2.81. The van der Waals surface area contributed by atoms with Crippen LogP contribution < -0.4 is 9.47 Å². The van der Waals surface area contributed by atoms with Gasteiger partial charge in [-0.25, -0.2) is 4.39 Å². The SMILES string of the molecule is CCOc1cc(/C=C(/C#N)c2cccc(F)c2)cc(Cl)c1OCc1ccc(I)cc1. The molecule has 0 aliphatic heterocycles. The maximum Gasteiger partial charge on any atom is 0.180 e. The number of hydrogen-bond acceptors (Lipinski definition) is 3. The Morgan fingerprint density at radius 1 is 1.13 bits per heavy atom. The van der Waals surface area contributed by atoms with Gasteiger partial charge in [-0.2, -0.15) is 5.26 Å². The molecule has 3 aromatic rings. The molecule has 0 aliphatic rings. The Morgan fingerprint density at radius 3 is 2.57 bits per heavy atom. The van der Waals surface area contributed by atoms with Crippen molar-refractivity contribution >= 4 is 45.8 Å². The number of benzene rings is 3. The normalized spacial score (nSPS) is 11.1. The molecule has 0 atom stereocenters. The molecule has 0 radical (unpaired) electrons. The lowest BCUT2D eigenvalue weighted by Gasteiger charge is -2.15. The number of nitrogens with zero attached hydrogens (tertiary/aromatic N) is 1. The van der Waals surface area contributed by atoms with Gasteiger partial charge in [0.2, 0.25) is 0 Å². The van der Waals surface area contributed by atoms with Crippen LogP contribution in [0.3, 0.4) is 0 Å². The topological polar surface area (TPSA) is 42.2 Å². The predicted molar refractivity (Wildman–Crippen MR) is 126 cm³/mol. The van der Waals surface area contributed by atoms with Gasteiger partial charge in [0.1, 0.15) is 12.4 Å². The smallest absolute Gasteiger partial charge is 0.180 e. The lowest BCUT2D eigenvalue weighted by atomic mass is 10.0. The lowest BCUT2D eigenvalue weighted by Crippen LogP contribution is -2.01. The number of ether oxygens (including phenoxy) is 2. The van der Waals surface area contributed by atoms with Crippen LogP contribution in [0.15, 0.2) is 60.7 Å². The first kappa shape index (κ1) is 22.1. The summed E-state index contributed by atoms with van der Waals surface area (Å²) in [5.41, 5.74) is 2.48. The number of allylic oxidation sites excluding steroid dienone is 1. The molecule has 0 aromatic heterocycles. The number of nitriles is 1. The summed E-state index contributed by atoms with van der Waals surface area (Å²) < 4.78 is 26.3. The standard InChI is InChI=1S/C24H18ClFINO2/c1-2-29-23-12-17(10-19(14-28)18-4-3-5-20(26)13-18)11-22(25)24(23)30-15-16-6-8-21(27)9-7-16/h3-13H,2,15H2,1H3/b19-10-. The monoisotopic (exact) mass is 533 g/mol. The van der Waals surface area contributed by atoms with Crippen LogP contribution >= 0.6 is 34.2 Å². The van der Waals surface area contributed by atoms with Crippen LogP contribution in [0.4, 0.5) is 4.39 Å². The van der Waals surface area contributed by atoms with E-state index < -0.39 is 5.82 Å². The molecule has 0 amide bonds. The quantitative estimate of drug-likeness (QED) is 0.184. The molecule has 3 aromatic carbocycles. The molecule has 0 fully saturated rings. The van der Waals surface area contributed by atoms with E-state index in [0.29, 0.717) is 46.4 Å². The van der Waals surface area contributed by atoms with Crippen LogP contribution in [0.1, 0.15) is 23.6 Å². The van der Waals surface area contributed by atoms with E-state index in [1.807, 2.05) is 31.2 Å². The van der Waals surface area contributed by atoms with Gasteiger partial charge in [-0.1, -0.05) is 35.9 Å². The van der Waals surface area contributed by atoms with Gasteiger partial charge in [-0.3, -0.25) is 0 Å². The average molecular weight is 534 g/mol. The summed E-state index contributed by atoms with van der Waals surface area (Å²) in [5.74, 6) is 0.526. The van der Waals surface area contributed by atoms with E-state index in [4.69, 9.17) is 21.1 Å². The Labute approximate surface area is 193 Å². The highest BCUT2D eigenvalue weighted by Gasteiger charge is 2.13.